The molecule has 0 saturated carbocycles. The average Bonchev–Trinajstić information content (AvgIpc) is 2.84. The molecule has 0 saturated heterocycles. The first-order chi connectivity index (χ1) is 16.5. The van der Waals surface area contributed by atoms with Crippen LogP contribution in [0.3, 0.4) is 0 Å². The molecular formula is C27H45N3O4. The number of carbonyl (C=O) groups is 3. The molecule has 1 aromatic rings. The Labute approximate surface area is 205 Å². The van der Waals surface area contributed by atoms with Crippen LogP contribution in [-0.4, -0.2) is 36.4 Å². The fourth-order valence-corrected chi connectivity index (χ4v) is 3.61. The van der Waals surface area contributed by atoms with E-state index in [1.54, 1.807) is 0 Å². The van der Waals surface area contributed by atoms with Crippen molar-refractivity contribution in [1.29, 1.82) is 0 Å². The summed E-state index contributed by atoms with van der Waals surface area (Å²) in [5, 5.41) is 5.79. The van der Waals surface area contributed by atoms with Crippen LogP contribution in [0, 0.1) is 0 Å². The first kappa shape index (κ1) is 29.6. The van der Waals surface area contributed by atoms with Gasteiger partial charge in [-0.05, 0) is 31.2 Å². The maximum atomic E-state index is 12.7. The van der Waals surface area contributed by atoms with Gasteiger partial charge in [-0.15, -0.1) is 0 Å². The summed E-state index contributed by atoms with van der Waals surface area (Å²) in [6, 6.07) is 8.48. The molecule has 7 nitrogen and oxygen atoms in total. The Balaban J connectivity index is 2.28. The Kier molecular flexibility index (Phi) is 16.5. The fourth-order valence-electron chi connectivity index (χ4n) is 3.61. The molecule has 0 aromatic heterocycles. The van der Waals surface area contributed by atoms with E-state index in [0.717, 1.165) is 56.9 Å². The van der Waals surface area contributed by atoms with Gasteiger partial charge < -0.3 is 21.1 Å². The zero-order valence-corrected chi connectivity index (χ0v) is 21.2. The molecule has 192 valence electrons. The van der Waals surface area contributed by atoms with Crippen LogP contribution in [0.4, 0.5) is 0 Å². The van der Waals surface area contributed by atoms with E-state index >= 15 is 0 Å². The van der Waals surface area contributed by atoms with E-state index in [1.165, 1.54) is 0 Å². The molecule has 0 aliphatic carbocycles. The number of esters is 1. The first-order valence-corrected chi connectivity index (χ1v) is 13.0. The molecule has 0 spiro atoms. The van der Waals surface area contributed by atoms with Gasteiger partial charge in [-0.1, -0.05) is 89.1 Å². The lowest BCUT2D eigenvalue weighted by molar-refractivity contribution is -0.145. The molecular weight excluding hydrogens is 430 g/mol. The highest BCUT2D eigenvalue weighted by Gasteiger charge is 2.23. The van der Waals surface area contributed by atoms with Crippen LogP contribution in [0.2, 0.25) is 0 Å². The van der Waals surface area contributed by atoms with Crippen molar-refractivity contribution < 1.29 is 19.1 Å². The Bertz CT molecular complexity index is 696. The van der Waals surface area contributed by atoms with Crippen LogP contribution in [0.15, 0.2) is 30.3 Å². The predicted octanol–water partition coefficient (Wildman–Crippen LogP) is 4.38. The predicted molar refractivity (Wildman–Crippen MR) is 136 cm³/mol. The number of nitrogens with one attached hydrogen (secondary N) is 2. The molecule has 1 rings (SSSR count). The van der Waals surface area contributed by atoms with Gasteiger partial charge in [-0.3, -0.25) is 14.4 Å². The molecule has 34 heavy (non-hydrogen) atoms. The van der Waals surface area contributed by atoms with E-state index in [4.69, 9.17) is 10.5 Å². The zero-order chi connectivity index (χ0) is 25.0. The highest BCUT2D eigenvalue weighted by atomic mass is 16.5. The van der Waals surface area contributed by atoms with E-state index in [1.807, 2.05) is 30.3 Å². The summed E-state index contributed by atoms with van der Waals surface area (Å²) in [6.07, 6.45) is 9.89. The number of ether oxygens (including phenoxy) is 1. The van der Waals surface area contributed by atoms with Crippen LogP contribution in [0.1, 0.15) is 96.5 Å². The number of hydrogen-bond acceptors (Lipinski definition) is 5. The second-order valence-corrected chi connectivity index (χ2v) is 8.91. The SMILES string of the molecule is CCCCCC(N)C(=O)NC(CCCCC)C(=O)NCCCCCC(=O)OCc1ccccc1. The van der Waals surface area contributed by atoms with E-state index in [9.17, 15) is 14.4 Å². The van der Waals surface area contributed by atoms with Crippen molar-refractivity contribution in [3.05, 3.63) is 35.9 Å². The monoisotopic (exact) mass is 475 g/mol. The number of unbranched alkanes of at least 4 members (excludes halogenated alkanes) is 6. The number of carbonyl (C=O) groups excluding carboxylic acids is 3. The summed E-state index contributed by atoms with van der Waals surface area (Å²) < 4.78 is 5.28. The second kappa shape index (κ2) is 19.0. The number of benzene rings is 1. The molecule has 0 radical (unpaired) electrons. The summed E-state index contributed by atoms with van der Waals surface area (Å²) in [6.45, 7) is 5.02. The summed E-state index contributed by atoms with van der Waals surface area (Å²) in [7, 11) is 0. The van der Waals surface area contributed by atoms with Crippen LogP contribution >= 0.6 is 0 Å². The molecule has 2 unspecified atom stereocenters. The van der Waals surface area contributed by atoms with Gasteiger partial charge >= 0.3 is 5.97 Å². The Morgan fingerprint density at radius 3 is 2.21 bits per heavy atom. The third kappa shape index (κ3) is 14.0. The minimum absolute atomic E-state index is 0.160. The van der Waals surface area contributed by atoms with Crippen molar-refractivity contribution in [3.8, 4) is 0 Å². The van der Waals surface area contributed by atoms with Gasteiger partial charge in [0.2, 0.25) is 11.8 Å². The van der Waals surface area contributed by atoms with Crippen LogP contribution < -0.4 is 16.4 Å². The molecule has 0 fully saturated rings. The van der Waals surface area contributed by atoms with E-state index < -0.39 is 12.1 Å². The highest BCUT2D eigenvalue weighted by Crippen LogP contribution is 2.08. The average molecular weight is 476 g/mol. The third-order valence-corrected chi connectivity index (χ3v) is 5.78. The minimum Gasteiger partial charge on any atom is -0.461 e. The zero-order valence-electron chi connectivity index (χ0n) is 21.2. The third-order valence-electron chi connectivity index (χ3n) is 5.78. The molecule has 0 bridgehead atoms. The molecule has 2 atom stereocenters. The Morgan fingerprint density at radius 1 is 0.853 bits per heavy atom. The topological polar surface area (TPSA) is 111 Å². The van der Waals surface area contributed by atoms with E-state index in [-0.39, 0.29) is 17.8 Å². The van der Waals surface area contributed by atoms with Crippen LogP contribution in [0.5, 0.6) is 0 Å². The maximum absolute atomic E-state index is 12.7. The van der Waals surface area contributed by atoms with Crippen LogP contribution in [-0.2, 0) is 25.7 Å². The standard InChI is InChI=1S/C27H45N3O4/c1-3-5-9-17-23(28)26(32)30-24(18-10-6-4-2)27(33)29-20-14-8-13-19-25(31)34-21-22-15-11-7-12-16-22/h7,11-12,15-16,23-24H,3-6,8-10,13-14,17-21,28H2,1-2H3,(H,29,33)(H,30,32). The van der Waals surface area contributed by atoms with E-state index in [0.29, 0.717) is 38.8 Å². The quantitative estimate of drug-likeness (QED) is 0.203. The maximum Gasteiger partial charge on any atom is 0.306 e. The van der Waals surface area contributed by atoms with Crippen molar-refractivity contribution >= 4 is 17.8 Å². The Hall–Kier alpha value is -2.41. The summed E-state index contributed by atoms with van der Waals surface area (Å²) in [5.74, 6) is -0.615. The highest BCUT2D eigenvalue weighted by molar-refractivity contribution is 5.89. The number of hydrogen-bond donors (Lipinski definition) is 3. The smallest absolute Gasteiger partial charge is 0.306 e. The lowest BCUT2D eigenvalue weighted by Gasteiger charge is -2.21. The number of nitrogens with two attached hydrogens (primary N) is 1. The van der Waals surface area contributed by atoms with Crippen molar-refractivity contribution in [2.45, 2.75) is 110 Å². The molecule has 1 aromatic carbocycles. The largest absolute Gasteiger partial charge is 0.461 e. The molecule has 0 aliphatic rings. The lowest BCUT2D eigenvalue weighted by Crippen LogP contribution is -2.51. The number of rotatable bonds is 19. The molecule has 0 aliphatic heterocycles. The fraction of sp³-hybridized carbons (Fsp3) is 0.667. The van der Waals surface area contributed by atoms with Gasteiger partial charge in [-0.2, -0.15) is 0 Å². The van der Waals surface area contributed by atoms with Crippen molar-refractivity contribution in [2.24, 2.45) is 5.73 Å². The van der Waals surface area contributed by atoms with E-state index in [2.05, 4.69) is 24.5 Å². The first-order valence-electron chi connectivity index (χ1n) is 13.0. The molecule has 7 heteroatoms. The van der Waals surface area contributed by atoms with Gasteiger partial charge in [0.1, 0.15) is 12.6 Å². The normalized spacial score (nSPS) is 12.6. The lowest BCUT2D eigenvalue weighted by atomic mass is 10.1. The van der Waals surface area contributed by atoms with Crippen molar-refractivity contribution in [3.63, 3.8) is 0 Å². The second-order valence-electron chi connectivity index (χ2n) is 8.91. The summed E-state index contributed by atoms with van der Waals surface area (Å²) >= 11 is 0. The van der Waals surface area contributed by atoms with Crippen molar-refractivity contribution in [1.82, 2.24) is 10.6 Å². The van der Waals surface area contributed by atoms with Gasteiger partial charge in [0.05, 0.1) is 6.04 Å². The van der Waals surface area contributed by atoms with Gasteiger partial charge in [-0.25, -0.2) is 0 Å². The Morgan fingerprint density at radius 2 is 1.53 bits per heavy atom. The molecule has 2 amide bonds. The molecule has 4 N–H and O–H groups in total. The minimum atomic E-state index is -0.574. The molecule has 0 heterocycles. The summed E-state index contributed by atoms with van der Waals surface area (Å²) in [4.78, 5) is 37.0. The summed E-state index contributed by atoms with van der Waals surface area (Å²) in [5.41, 5.74) is 6.99. The van der Waals surface area contributed by atoms with Crippen LogP contribution in [0.25, 0.3) is 0 Å². The van der Waals surface area contributed by atoms with Crippen molar-refractivity contribution in [2.75, 3.05) is 6.54 Å². The van der Waals surface area contributed by atoms with Gasteiger partial charge in [0.25, 0.3) is 0 Å². The van der Waals surface area contributed by atoms with Gasteiger partial charge in [0, 0.05) is 13.0 Å². The van der Waals surface area contributed by atoms with Gasteiger partial charge in [0.15, 0.2) is 0 Å². The number of amides is 2.